The maximum absolute atomic E-state index is 12.5. The molecular formula is C36H59O18+. The van der Waals surface area contributed by atoms with Gasteiger partial charge < -0.3 is 84.6 Å². The molecule has 6 rings (SSSR count). The van der Waals surface area contributed by atoms with E-state index in [9.17, 15) is 61.0 Å². The number of esters is 1. The van der Waals surface area contributed by atoms with Crippen molar-refractivity contribution in [2.24, 2.45) is 17.8 Å². The molecule has 3 aliphatic heterocycles. The van der Waals surface area contributed by atoms with Gasteiger partial charge in [0, 0.05) is 24.8 Å². The standard InChI is InChI=1S/C36H58O18/c37-13-25-28(43)30(45)32(47)35(53-25)51-23-11-18(39)10-22-19(23)12-24(34(50-22)16-4-7-20(40)21(41)9-16)52-36-33(48)31(46)29(44)26(54-36)14-49-27(42)8-3-15-1-5-17(38)6-2-15/h3,8,15-26,28-41,43-48H,1-2,4-7,9-14H2/p+1/t15?,16?,17?,18?,19?,20?,21?,22?,23?,24?,25-,26-,28-,29-,30+,31+,32-,33-,34?,35-,36-/m1/s1. The third-order valence-electron chi connectivity index (χ3n) is 12.3. The summed E-state index contributed by atoms with van der Waals surface area (Å²) in [5.74, 6) is -1.38. The zero-order chi connectivity index (χ0) is 38.8. The fraction of sp³-hybridized carbons (Fsp3) is 0.917. The van der Waals surface area contributed by atoms with Crippen molar-refractivity contribution < 1.29 is 89.4 Å². The number of fused-ring (bicyclic) bond motifs is 1. The van der Waals surface area contributed by atoms with Gasteiger partial charge in [-0.25, -0.2) is 4.79 Å². The van der Waals surface area contributed by atoms with E-state index in [0.717, 1.165) is 12.8 Å². The van der Waals surface area contributed by atoms with E-state index in [1.807, 2.05) is 0 Å². The summed E-state index contributed by atoms with van der Waals surface area (Å²) in [6.45, 7) is -1.13. The number of ether oxygens (including phenoxy) is 6. The molecule has 0 bridgehead atoms. The Kier molecular flexibility index (Phi) is 14.4. The number of hydrogen-bond acceptors (Lipinski definition) is 17. The molecule has 0 amide bonds. The van der Waals surface area contributed by atoms with Gasteiger partial charge in [-0.15, -0.1) is 0 Å². The van der Waals surface area contributed by atoms with Gasteiger partial charge in [0.2, 0.25) is 0 Å². The van der Waals surface area contributed by atoms with Crippen LogP contribution >= 0.6 is 0 Å². The molecule has 3 saturated carbocycles. The van der Waals surface area contributed by atoms with Crippen molar-refractivity contribution in [1.82, 2.24) is 0 Å². The van der Waals surface area contributed by atoms with E-state index in [4.69, 9.17) is 28.4 Å². The molecule has 310 valence electrons. The van der Waals surface area contributed by atoms with Crippen molar-refractivity contribution in [1.29, 1.82) is 0 Å². The Morgan fingerprint density at radius 1 is 0.648 bits per heavy atom. The minimum atomic E-state index is -1.75. The predicted octanol–water partition coefficient (Wildman–Crippen LogP) is -4.02. The lowest BCUT2D eigenvalue weighted by Gasteiger charge is -2.50. The van der Waals surface area contributed by atoms with Gasteiger partial charge in [-0.1, -0.05) is 6.08 Å². The molecule has 6 fully saturated rings. The molecule has 54 heavy (non-hydrogen) atoms. The van der Waals surface area contributed by atoms with Gasteiger partial charge in [-0.2, -0.15) is 0 Å². The largest absolute Gasteiger partial charge is 0.460 e. The summed E-state index contributed by atoms with van der Waals surface area (Å²) in [5.41, 5.74) is 0. The van der Waals surface area contributed by atoms with Gasteiger partial charge in [-0.05, 0) is 57.3 Å². The predicted molar refractivity (Wildman–Crippen MR) is 181 cm³/mol. The fourth-order valence-electron chi connectivity index (χ4n) is 9.05. The highest BCUT2D eigenvalue weighted by Gasteiger charge is 2.56. The van der Waals surface area contributed by atoms with Crippen LogP contribution in [0.3, 0.4) is 0 Å². The third-order valence-corrected chi connectivity index (χ3v) is 12.3. The molecule has 0 aromatic carbocycles. The van der Waals surface area contributed by atoms with Crippen LogP contribution in [0.4, 0.5) is 0 Å². The molecule has 0 spiro atoms. The molecule has 0 aromatic heterocycles. The van der Waals surface area contributed by atoms with Crippen LogP contribution in [0.25, 0.3) is 0 Å². The van der Waals surface area contributed by atoms with Crippen molar-refractivity contribution in [2.45, 2.75) is 174 Å². The molecule has 19 atom stereocenters. The van der Waals surface area contributed by atoms with Crippen LogP contribution < -0.4 is 0 Å². The normalized spacial score (nSPS) is 50.4. The van der Waals surface area contributed by atoms with E-state index >= 15 is 0 Å². The highest BCUT2D eigenvalue weighted by molar-refractivity contribution is 5.81. The molecule has 3 heterocycles. The lowest BCUT2D eigenvalue weighted by Crippen LogP contribution is -2.64. The summed E-state index contributed by atoms with van der Waals surface area (Å²) in [5, 5.41) is 115. The zero-order valence-corrected chi connectivity index (χ0v) is 30.1. The highest BCUT2D eigenvalue weighted by atomic mass is 16.7. The number of hydrogen-bond donors (Lipinski definition) is 11. The first-order chi connectivity index (χ1) is 25.7. The van der Waals surface area contributed by atoms with Crippen LogP contribution in [0, 0.1) is 17.8 Å². The maximum Gasteiger partial charge on any atom is 0.330 e. The summed E-state index contributed by atoms with van der Waals surface area (Å²) in [7, 11) is 0. The molecule has 18 nitrogen and oxygen atoms in total. The van der Waals surface area contributed by atoms with Crippen LogP contribution in [0.1, 0.15) is 64.2 Å². The van der Waals surface area contributed by atoms with Gasteiger partial charge in [0.25, 0.3) is 0 Å². The van der Waals surface area contributed by atoms with Crippen molar-refractivity contribution in [3.05, 3.63) is 12.2 Å². The molecule has 9 unspecified atom stereocenters. The van der Waals surface area contributed by atoms with Crippen LogP contribution in [0.5, 0.6) is 0 Å². The second-order valence-corrected chi connectivity index (χ2v) is 16.1. The van der Waals surface area contributed by atoms with Crippen molar-refractivity contribution in [3.63, 3.8) is 0 Å². The van der Waals surface area contributed by atoms with Crippen molar-refractivity contribution in [2.75, 3.05) is 13.2 Å². The summed E-state index contributed by atoms with van der Waals surface area (Å²) >= 11 is 0. The van der Waals surface area contributed by atoms with Crippen molar-refractivity contribution >= 4 is 5.97 Å². The Morgan fingerprint density at radius 2 is 1.28 bits per heavy atom. The number of carbonyl (C=O) groups is 1. The number of aliphatic hydroxyl groups excluding tert-OH is 11. The Morgan fingerprint density at radius 3 is 1.93 bits per heavy atom. The minimum Gasteiger partial charge on any atom is -0.460 e. The first kappa shape index (κ1) is 42.2. The SMILES string of the molecule is O=C(C=CC1CCC(O)CC1)OC[C@H]1O[C@@H](OC2CC3C(O[C@@H]4O[C@H](CO)[C@@H](O)[C@H](O)[C@H]4O)CC(O)CC3[OH+]C2C2CCC(O)C(O)C2)[C@H](O)[C@@H](O)[C@@H]1O. The molecule has 3 aliphatic carbocycles. The monoisotopic (exact) mass is 779 g/mol. The van der Waals surface area contributed by atoms with E-state index in [1.165, 1.54) is 6.08 Å². The summed E-state index contributed by atoms with van der Waals surface area (Å²) in [6.07, 6.45) is -14.4. The van der Waals surface area contributed by atoms with Crippen LogP contribution in [-0.4, -0.2) is 190 Å². The lowest BCUT2D eigenvalue weighted by atomic mass is 9.72. The number of allylic oxidation sites excluding steroid dienone is 1. The van der Waals surface area contributed by atoms with Crippen LogP contribution in [-0.2, 0) is 28.5 Å². The van der Waals surface area contributed by atoms with Crippen LogP contribution in [0.15, 0.2) is 12.2 Å². The van der Waals surface area contributed by atoms with Gasteiger partial charge in [0.05, 0.1) is 43.0 Å². The van der Waals surface area contributed by atoms with E-state index in [1.54, 1.807) is 6.08 Å². The van der Waals surface area contributed by atoms with Crippen LogP contribution in [0.2, 0.25) is 0 Å². The molecule has 6 aliphatic rings. The molecule has 18 heteroatoms. The second-order valence-electron chi connectivity index (χ2n) is 16.1. The molecular weight excluding hydrogens is 720 g/mol. The van der Waals surface area contributed by atoms with Gasteiger partial charge in [0.1, 0.15) is 61.5 Å². The minimum absolute atomic E-state index is 0.0788. The summed E-state index contributed by atoms with van der Waals surface area (Å²) in [4.78, 5) is 12.5. The zero-order valence-electron chi connectivity index (χ0n) is 30.1. The number of carbonyl (C=O) groups excluding carboxylic acids is 1. The Bertz CT molecular complexity index is 1230. The Balaban J connectivity index is 1.17. The second kappa shape index (κ2) is 18.4. The third kappa shape index (κ3) is 9.63. The first-order valence-corrected chi connectivity index (χ1v) is 19.3. The van der Waals surface area contributed by atoms with E-state index in [-0.39, 0.29) is 43.6 Å². The summed E-state index contributed by atoms with van der Waals surface area (Å²) < 4.78 is 34.5. The van der Waals surface area contributed by atoms with E-state index in [2.05, 4.69) is 0 Å². The van der Waals surface area contributed by atoms with Gasteiger partial charge >= 0.3 is 5.97 Å². The Labute approximate surface area is 312 Å². The van der Waals surface area contributed by atoms with Gasteiger partial charge in [0.15, 0.2) is 24.8 Å². The quantitative estimate of drug-likeness (QED) is 0.0572. The smallest absolute Gasteiger partial charge is 0.330 e. The van der Waals surface area contributed by atoms with E-state index in [0.29, 0.717) is 25.7 Å². The average Bonchev–Trinajstić information content (AvgIpc) is 3.15. The molecule has 3 saturated heterocycles. The average molecular weight is 780 g/mol. The molecule has 0 aromatic rings. The Hall–Kier alpha value is -1.43. The van der Waals surface area contributed by atoms with Gasteiger partial charge in [-0.3, -0.25) is 0 Å². The fourth-order valence-corrected chi connectivity index (χ4v) is 9.05. The number of rotatable bonds is 10. The number of aliphatic hydroxyl groups is 13. The maximum atomic E-state index is 12.5. The first-order valence-electron chi connectivity index (χ1n) is 19.3. The molecule has 0 radical (unpaired) electrons. The molecule has 12 N–H and O–H groups in total. The lowest BCUT2D eigenvalue weighted by molar-refractivity contribution is -0.367. The topological polar surface area (TPSA) is 299 Å². The van der Waals surface area contributed by atoms with Crippen molar-refractivity contribution in [3.8, 4) is 0 Å². The summed E-state index contributed by atoms with van der Waals surface area (Å²) in [6, 6.07) is 0. The highest BCUT2D eigenvalue weighted by Crippen LogP contribution is 2.44. The van der Waals surface area contributed by atoms with E-state index < -0.39 is 129 Å².